The van der Waals surface area contributed by atoms with Gasteiger partial charge in [0.25, 0.3) is 0 Å². The monoisotopic (exact) mass is 180 g/mol. The summed E-state index contributed by atoms with van der Waals surface area (Å²) < 4.78 is 0. The molecule has 0 aliphatic carbocycles. The molecular weight excluding hydrogens is 160 g/mol. The first kappa shape index (κ1) is 10.5. The van der Waals surface area contributed by atoms with E-state index < -0.39 is 0 Å². The van der Waals surface area contributed by atoms with E-state index in [2.05, 4.69) is 24.8 Å². The first-order chi connectivity index (χ1) is 5.96. The smallest absolute Gasteiger partial charge is 0.0697 e. The van der Waals surface area contributed by atoms with Crippen molar-refractivity contribution in [2.45, 2.75) is 40.2 Å². The van der Waals surface area contributed by atoms with Crippen LogP contribution in [0, 0.1) is 22.7 Å². The van der Waals surface area contributed by atoms with Crippen molar-refractivity contribution in [2.75, 3.05) is 13.1 Å². The average molecular weight is 180 g/mol. The molecule has 2 nitrogen and oxygen atoms in total. The zero-order chi connectivity index (χ0) is 10.1. The number of likely N-dealkylation sites (tertiary alicyclic amines) is 1. The molecule has 0 bridgehead atoms. The Balaban J connectivity index is 2.44. The third kappa shape index (κ3) is 2.45. The Bertz CT molecular complexity index is 213. The number of hydrogen-bond donors (Lipinski definition) is 0. The van der Waals surface area contributed by atoms with E-state index in [1.165, 1.54) is 13.0 Å². The Morgan fingerprint density at radius 2 is 2.15 bits per heavy atom. The highest BCUT2D eigenvalue weighted by atomic mass is 15.2. The van der Waals surface area contributed by atoms with Gasteiger partial charge < -0.3 is 0 Å². The molecule has 0 N–H and O–H groups in total. The molecule has 1 rings (SSSR count). The van der Waals surface area contributed by atoms with E-state index >= 15 is 0 Å². The standard InChI is InChI=1S/C11H20N2/c1-9(2)10-5-6-13(10)8-11(3,4)7-12/h9-10H,5-6,8H2,1-4H3. The molecule has 0 aromatic rings. The zero-order valence-corrected chi connectivity index (χ0v) is 9.17. The van der Waals surface area contributed by atoms with Crippen LogP contribution in [0.4, 0.5) is 0 Å². The molecule has 0 spiro atoms. The summed E-state index contributed by atoms with van der Waals surface area (Å²) in [7, 11) is 0. The van der Waals surface area contributed by atoms with Crippen molar-refractivity contribution >= 4 is 0 Å². The highest BCUT2D eigenvalue weighted by Gasteiger charge is 2.34. The fourth-order valence-electron chi connectivity index (χ4n) is 1.96. The summed E-state index contributed by atoms with van der Waals surface area (Å²) in [6, 6.07) is 3.07. The van der Waals surface area contributed by atoms with Crippen LogP contribution in [0.25, 0.3) is 0 Å². The minimum absolute atomic E-state index is 0.187. The van der Waals surface area contributed by atoms with Gasteiger partial charge in [-0.05, 0) is 32.7 Å². The van der Waals surface area contributed by atoms with Crippen molar-refractivity contribution in [1.82, 2.24) is 4.90 Å². The summed E-state index contributed by atoms with van der Waals surface area (Å²) in [5.41, 5.74) is -0.187. The van der Waals surface area contributed by atoms with Crippen LogP contribution in [0.15, 0.2) is 0 Å². The molecule has 2 heteroatoms. The maximum Gasteiger partial charge on any atom is 0.0697 e. The van der Waals surface area contributed by atoms with Crippen LogP contribution in [0.3, 0.4) is 0 Å². The second kappa shape index (κ2) is 3.67. The minimum Gasteiger partial charge on any atom is -0.298 e. The van der Waals surface area contributed by atoms with Gasteiger partial charge in [-0.2, -0.15) is 5.26 Å². The van der Waals surface area contributed by atoms with E-state index in [0.29, 0.717) is 6.04 Å². The summed E-state index contributed by atoms with van der Waals surface area (Å²) >= 11 is 0. The molecule has 1 saturated heterocycles. The maximum atomic E-state index is 8.91. The van der Waals surface area contributed by atoms with E-state index in [-0.39, 0.29) is 5.41 Å². The van der Waals surface area contributed by atoms with Gasteiger partial charge in [0.15, 0.2) is 0 Å². The summed E-state index contributed by atoms with van der Waals surface area (Å²) in [6.07, 6.45) is 1.30. The molecule has 0 saturated carbocycles. The molecule has 1 atom stereocenters. The number of nitrogens with zero attached hydrogens (tertiary/aromatic N) is 2. The summed E-state index contributed by atoms with van der Waals surface area (Å²) in [4.78, 5) is 2.44. The minimum atomic E-state index is -0.187. The van der Waals surface area contributed by atoms with Crippen molar-refractivity contribution < 1.29 is 0 Å². The number of nitriles is 1. The van der Waals surface area contributed by atoms with Gasteiger partial charge >= 0.3 is 0 Å². The lowest BCUT2D eigenvalue weighted by Crippen LogP contribution is -2.53. The molecule has 1 fully saturated rings. The second-order valence-electron chi connectivity index (χ2n) is 5.07. The largest absolute Gasteiger partial charge is 0.298 e. The predicted octanol–water partition coefficient (Wildman–Crippen LogP) is 2.27. The van der Waals surface area contributed by atoms with Crippen molar-refractivity contribution in [3.05, 3.63) is 0 Å². The van der Waals surface area contributed by atoms with Crippen LogP contribution < -0.4 is 0 Å². The van der Waals surface area contributed by atoms with Gasteiger partial charge in [-0.15, -0.1) is 0 Å². The average Bonchev–Trinajstić information content (AvgIpc) is 1.97. The van der Waals surface area contributed by atoms with Gasteiger partial charge in [0.1, 0.15) is 0 Å². The SMILES string of the molecule is CC(C)C1CCN1CC(C)(C)C#N. The maximum absolute atomic E-state index is 8.91. The molecule has 0 aromatic carbocycles. The molecule has 0 aromatic heterocycles. The highest BCUT2D eigenvalue weighted by molar-refractivity contribution is 4.97. The van der Waals surface area contributed by atoms with Gasteiger partial charge in [0, 0.05) is 12.6 Å². The Morgan fingerprint density at radius 1 is 1.54 bits per heavy atom. The van der Waals surface area contributed by atoms with Gasteiger partial charge in [-0.1, -0.05) is 13.8 Å². The Hall–Kier alpha value is -0.550. The Kier molecular flexibility index (Phi) is 2.98. The summed E-state index contributed by atoms with van der Waals surface area (Å²) in [5, 5.41) is 8.91. The molecule has 1 unspecified atom stereocenters. The lowest BCUT2D eigenvalue weighted by molar-refractivity contribution is 0.0336. The van der Waals surface area contributed by atoms with Crippen molar-refractivity contribution in [1.29, 1.82) is 5.26 Å². The van der Waals surface area contributed by atoms with Crippen LogP contribution in [0.2, 0.25) is 0 Å². The normalized spacial score (nSPS) is 24.2. The fraction of sp³-hybridized carbons (Fsp3) is 0.909. The molecule has 0 amide bonds. The van der Waals surface area contributed by atoms with Gasteiger partial charge in [-0.25, -0.2) is 0 Å². The van der Waals surface area contributed by atoms with E-state index in [1.54, 1.807) is 0 Å². The van der Waals surface area contributed by atoms with Gasteiger partial charge in [0.05, 0.1) is 11.5 Å². The Morgan fingerprint density at radius 3 is 2.46 bits per heavy atom. The molecule has 74 valence electrons. The fourth-order valence-corrected chi connectivity index (χ4v) is 1.96. The molecule has 13 heavy (non-hydrogen) atoms. The third-order valence-corrected chi connectivity index (χ3v) is 2.85. The quantitative estimate of drug-likeness (QED) is 0.666. The van der Waals surface area contributed by atoms with E-state index in [1.807, 2.05) is 13.8 Å². The lowest BCUT2D eigenvalue weighted by Gasteiger charge is -2.45. The Labute approximate surface area is 81.5 Å². The summed E-state index contributed by atoms with van der Waals surface area (Å²) in [5.74, 6) is 0.725. The van der Waals surface area contributed by atoms with Crippen LogP contribution in [0.1, 0.15) is 34.1 Å². The molecule has 1 aliphatic heterocycles. The molecule has 1 aliphatic rings. The lowest BCUT2D eigenvalue weighted by atomic mass is 9.87. The topological polar surface area (TPSA) is 27.0 Å². The number of hydrogen-bond acceptors (Lipinski definition) is 2. The van der Waals surface area contributed by atoms with E-state index in [4.69, 9.17) is 5.26 Å². The van der Waals surface area contributed by atoms with E-state index in [9.17, 15) is 0 Å². The predicted molar refractivity (Wildman–Crippen MR) is 54.2 cm³/mol. The van der Waals surface area contributed by atoms with Crippen molar-refractivity contribution in [2.24, 2.45) is 11.3 Å². The molecule has 1 heterocycles. The van der Waals surface area contributed by atoms with Crippen LogP contribution in [-0.4, -0.2) is 24.0 Å². The van der Waals surface area contributed by atoms with Crippen LogP contribution in [-0.2, 0) is 0 Å². The highest BCUT2D eigenvalue weighted by Crippen LogP contribution is 2.28. The zero-order valence-electron chi connectivity index (χ0n) is 9.17. The summed E-state index contributed by atoms with van der Waals surface area (Å²) in [6.45, 7) is 10.7. The first-order valence-electron chi connectivity index (χ1n) is 5.11. The number of rotatable bonds is 3. The van der Waals surface area contributed by atoms with Crippen molar-refractivity contribution in [3.63, 3.8) is 0 Å². The molecular formula is C11H20N2. The van der Waals surface area contributed by atoms with E-state index in [0.717, 1.165) is 12.5 Å². The van der Waals surface area contributed by atoms with Gasteiger partial charge in [0.2, 0.25) is 0 Å². The van der Waals surface area contributed by atoms with Gasteiger partial charge in [-0.3, -0.25) is 4.90 Å². The molecule has 0 radical (unpaired) electrons. The first-order valence-corrected chi connectivity index (χ1v) is 5.11. The van der Waals surface area contributed by atoms with Crippen LogP contribution in [0.5, 0.6) is 0 Å². The van der Waals surface area contributed by atoms with Crippen LogP contribution >= 0.6 is 0 Å². The third-order valence-electron chi connectivity index (χ3n) is 2.85. The second-order valence-corrected chi connectivity index (χ2v) is 5.07. The van der Waals surface area contributed by atoms with Crippen molar-refractivity contribution in [3.8, 4) is 6.07 Å².